The number of benzene rings is 2. The van der Waals surface area contributed by atoms with Crippen molar-refractivity contribution in [3.05, 3.63) is 78.8 Å². The average Bonchev–Trinajstić information content (AvgIpc) is 2.81. The zero-order valence-corrected chi connectivity index (χ0v) is 17.7. The molecule has 4 rings (SSSR count). The van der Waals surface area contributed by atoms with Crippen molar-refractivity contribution in [2.24, 2.45) is 0 Å². The Labute approximate surface area is 178 Å². The van der Waals surface area contributed by atoms with Gasteiger partial charge in [-0.15, -0.1) is 0 Å². The van der Waals surface area contributed by atoms with Crippen LogP contribution in [0.3, 0.4) is 0 Å². The van der Waals surface area contributed by atoms with Crippen LogP contribution in [-0.2, 0) is 4.74 Å². The molecule has 0 bridgehead atoms. The lowest BCUT2D eigenvalue weighted by Gasteiger charge is -2.26. The minimum atomic E-state index is -0.886. The number of carbonyl (C=O) groups excluding carboxylic acids is 1. The second kappa shape index (κ2) is 10.4. The second-order valence-electron chi connectivity index (χ2n) is 6.98. The number of amides is 1. The summed E-state index contributed by atoms with van der Waals surface area (Å²) in [5.41, 5.74) is 1.18. The standard InChI is InChI=1S/C23H25N4O2P/c28-23(25-11-12-27-13-15-29-16-14-27)21-17-24-18-22(26-21)30(19-7-3-1-4-8-19)20-9-5-2-6-10-20/h1-10,17-18H,11-16H2,(H,25,28). The molecule has 154 valence electrons. The first kappa shape index (κ1) is 20.6. The summed E-state index contributed by atoms with van der Waals surface area (Å²) in [7, 11) is -0.886. The number of hydrogen-bond donors (Lipinski definition) is 1. The van der Waals surface area contributed by atoms with Crippen LogP contribution in [0.15, 0.2) is 73.1 Å². The molecule has 1 aromatic heterocycles. The van der Waals surface area contributed by atoms with Gasteiger partial charge in [-0.05, 0) is 10.6 Å². The van der Waals surface area contributed by atoms with E-state index in [9.17, 15) is 4.79 Å². The van der Waals surface area contributed by atoms with Gasteiger partial charge < -0.3 is 10.1 Å². The SMILES string of the molecule is O=C(NCCN1CCOCC1)c1cncc(P(c2ccccc2)c2ccccc2)n1. The molecule has 3 aromatic rings. The molecule has 1 aliphatic heterocycles. The molecule has 0 atom stereocenters. The first-order chi connectivity index (χ1) is 14.8. The highest BCUT2D eigenvalue weighted by Gasteiger charge is 2.20. The Bertz CT molecular complexity index is 910. The number of aromatic nitrogens is 2. The molecule has 30 heavy (non-hydrogen) atoms. The van der Waals surface area contributed by atoms with Crippen LogP contribution in [0.1, 0.15) is 10.5 Å². The Morgan fingerprint density at radius 3 is 2.23 bits per heavy atom. The van der Waals surface area contributed by atoms with Gasteiger partial charge in [-0.25, -0.2) is 4.98 Å². The highest BCUT2D eigenvalue weighted by atomic mass is 31.1. The maximum atomic E-state index is 12.7. The topological polar surface area (TPSA) is 67.4 Å². The Morgan fingerprint density at radius 2 is 1.60 bits per heavy atom. The van der Waals surface area contributed by atoms with Gasteiger partial charge in [0, 0.05) is 34.1 Å². The molecule has 1 amide bonds. The normalized spacial score (nSPS) is 14.6. The molecule has 0 unspecified atom stereocenters. The molecule has 6 nitrogen and oxygen atoms in total. The van der Waals surface area contributed by atoms with Crippen LogP contribution in [0.4, 0.5) is 0 Å². The van der Waals surface area contributed by atoms with Crippen molar-refractivity contribution in [2.75, 3.05) is 39.4 Å². The predicted molar refractivity (Wildman–Crippen MR) is 120 cm³/mol. The van der Waals surface area contributed by atoms with Crippen molar-refractivity contribution >= 4 is 29.9 Å². The Balaban J connectivity index is 1.50. The molecular formula is C23H25N4O2P. The Morgan fingerprint density at radius 1 is 0.967 bits per heavy atom. The number of morpholine rings is 1. The van der Waals surface area contributed by atoms with Crippen LogP contribution >= 0.6 is 7.92 Å². The summed E-state index contributed by atoms with van der Waals surface area (Å²) >= 11 is 0. The molecule has 1 fully saturated rings. The summed E-state index contributed by atoms with van der Waals surface area (Å²) in [5.74, 6) is -0.186. The Hall–Kier alpha value is -2.66. The number of rotatable bonds is 7. The molecule has 2 aromatic carbocycles. The monoisotopic (exact) mass is 420 g/mol. The van der Waals surface area contributed by atoms with Crippen LogP contribution in [0.5, 0.6) is 0 Å². The first-order valence-corrected chi connectivity index (χ1v) is 11.5. The van der Waals surface area contributed by atoms with Gasteiger partial charge in [0.1, 0.15) is 5.69 Å². The third-order valence-corrected chi connectivity index (χ3v) is 7.23. The highest BCUT2D eigenvalue weighted by molar-refractivity contribution is 7.79. The zero-order chi connectivity index (χ0) is 20.6. The van der Waals surface area contributed by atoms with Crippen LogP contribution in [0.25, 0.3) is 0 Å². The lowest BCUT2D eigenvalue weighted by Crippen LogP contribution is -2.41. The molecule has 1 N–H and O–H groups in total. The summed E-state index contributed by atoms with van der Waals surface area (Å²) in [4.78, 5) is 24.0. The smallest absolute Gasteiger partial charge is 0.271 e. The molecule has 7 heteroatoms. The van der Waals surface area contributed by atoms with Gasteiger partial charge >= 0.3 is 0 Å². The third kappa shape index (κ3) is 5.28. The second-order valence-corrected chi connectivity index (χ2v) is 9.14. The third-order valence-electron chi connectivity index (χ3n) is 4.93. The summed E-state index contributed by atoms with van der Waals surface area (Å²) < 4.78 is 5.36. The molecule has 0 saturated carbocycles. The molecule has 0 radical (unpaired) electrons. The van der Waals surface area contributed by atoms with Gasteiger partial charge in [-0.2, -0.15) is 0 Å². The molecule has 2 heterocycles. The quantitative estimate of drug-likeness (QED) is 0.584. The van der Waals surface area contributed by atoms with E-state index in [4.69, 9.17) is 9.72 Å². The van der Waals surface area contributed by atoms with Crippen molar-refractivity contribution in [1.82, 2.24) is 20.2 Å². The lowest BCUT2D eigenvalue weighted by molar-refractivity contribution is 0.0383. The van der Waals surface area contributed by atoms with Gasteiger partial charge in [0.05, 0.1) is 31.0 Å². The van der Waals surface area contributed by atoms with E-state index in [0.29, 0.717) is 12.2 Å². The van der Waals surface area contributed by atoms with Crippen molar-refractivity contribution < 1.29 is 9.53 Å². The molecule has 0 spiro atoms. The Kier molecular flexibility index (Phi) is 7.14. The highest BCUT2D eigenvalue weighted by Crippen LogP contribution is 2.31. The minimum Gasteiger partial charge on any atom is -0.379 e. The van der Waals surface area contributed by atoms with E-state index in [1.165, 1.54) is 16.8 Å². The van der Waals surface area contributed by atoms with Gasteiger partial charge in [-0.3, -0.25) is 14.7 Å². The zero-order valence-electron chi connectivity index (χ0n) is 16.8. The fraction of sp³-hybridized carbons (Fsp3) is 0.261. The first-order valence-electron chi connectivity index (χ1n) is 10.1. The number of hydrogen-bond acceptors (Lipinski definition) is 5. The number of ether oxygens (including phenoxy) is 1. The van der Waals surface area contributed by atoms with Crippen molar-refractivity contribution in [2.45, 2.75) is 0 Å². The molecule has 0 aliphatic carbocycles. The van der Waals surface area contributed by atoms with Crippen LogP contribution in [0, 0.1) is 0 Å². The largest absolute Gasteiger partial charge is 0.379 e. The summed E-state index contributed by atoms with van der Waals surface area (Å²) in [6.07, 6.45) is 3.31. The molecule has 1 aliphatic rings. The maximum absolute atomic E-state index is 12.7. The lowest BCUT2D eigenvalue weighted by atomic mass is 10.4. The van der Waals surface area contributed by atoms with E-state index in [-0.39, 0.29) is 5.91 Å². The summed E-state index contributed by atoms with van der Waals surface area (Å²) in [5, 5.41) is 5.33. The van der Waals surface area contributed by atoms with Gasteiger partial charge in [0.15, 0.2) is 0 Å². The number of nitrogens with one attached hydrogen (secondary N) is 1. The molecule has 1 saturated heterocycles. The van der Waals surface area contributed by atoms with Gasteiger partial charge in [0.2, 0.25) is 0 Å². The minimum absolute atomic E-state index is 0.186. The van der Waals surface area contributed by atoms with E-state index in [1.807, 2.05) is 36.4 Å². The predicted octanol–water partition coefficient (Wildman–Crippen LogP) is 1.30. The van der Waals surface area contributed by atoms with E-state index in [1.54, 1.807) is 6.20 Å². The molecular weight excluding hydrogens is 395 g/mol. The summed E-state index contributed by atoms with van der Waals surface area (Å²) in [6, 6.07) is 20.6. The number of carbonyl (C=O) groups is 1. The van der Waals surface area contributed by atoms with Crippen LogP contribution < -0.4 is 21.4 Å². The van der Waals surface area contributed by atoms with Gasteiger partial charge in [0.25, 0.3) is 5.91 Å². The maximum Gasteiger partial charge on any atom is 0.271 e. The summed E-state index contributed by atoms with van der Waals surface area (Å²) in [6.45, 7) is 4.71. The van der Waals surface area contributed by atoms with Crippen LogP contribution in [0.2, 0.25) is 0 Å². The fourth-order valence-corrected chi connectivity index (χ4v) is 5.54. The van der Waals surface area contributed by atoms with Gasteiger partial charge in [-0.1, -0.05) is 60.7 Å². The van der Waals surface area contributed by atoms with Crippen molar-refractivity contribution in [1.29, 1.82) is 0 Å². The van der Waals surface area contributed by atoms with Crippen molar-refractivity contribution in [3.63, 3.8) is 0 Å². The average molecular weight is 420 g/mol. The van der Waals surface area contributed by atoms with Crippen molar-refractivity contribution in [3.8, 4) is 0 Å². The number of nitrogens with zero attached hydrogens (tertiary/aromatic N) is 3. The van der Waals surface area contributed by atoms with E-state index >= 15 is 0 Å². The van der Waals surface area contributed by atoms with E-state index in [2.05, 4.69) is 39.5 Å². The van der Waals surface area contributed by atoms with E-state index < -0.39 is 7.92 Å². The fourth-order valence-electron chi connectivity index (χ4n) is 3.38. The van der Waals surface area contributed by atoms with Crippen LogP contribution in [-0.4, -0.2) is 60.2 Å². The van der Waals surface area contributed by atoms with E-state index in [0.717, 1.165) is 38.3 Å².